The highest BCUT2D eigenvalue weighted by Gasteiger charge is 2.27. The summed E-state index contributed by atoms with van der Waals surface area (Å²) in [5, 5.41) is 3.35. The van der Waals surface area contributed by atoms with E-state index in [1.54, 1.807) is 0 Å². The van der Waals surface area contributed by atoms with Crippen molar-refractivity contribution in [3.05, 3.63) is 60.3 Å². The molecule has 0 spiro atoms. The fourth-order valence-electron chi connectivity index (χ4n) is 6.19. The largest absolute Gasteiger partial charge is 0.371 e. The van der Waals surface area contributed by atoms with Gasteiger partial charge in [0.05, 0.1) is 0 Å². The summed E-state index contributed by atoms with van der Waals surface area (Å²) in [5.74, 6) is 0.589. The van der Waals surface area contributed by atoms with Gasteiger partial charge in [0.25, 0.3) is 5.91 Å². The van der Waals surface area contributed by atoms with Crippen LogP contribution in [0.3, 0.4) is 0 Å². The van der Waals surface area contributed by atoms with E-state index in [1.165, 1.54) is 44.7 Å². The third kappa shape index (κ3) is 5.76. The number of hydrogen-bond donors (Lipinski definition) is 2. The molecule has 2 aromatic carbocycles. The molecule has 3 N–H and O–H groups in total. The van der Waals surface area contributed by atoms with E-state index in [-0.39, 0.29) is 5.69 Å². The number of nitrogens with one attached hydrogen (secondary N) is 1. The third-order valence-corrected chi connectivity index (χ3v) is 8.58. The van der Waals surface area contributed by atoms with E-state index >= 15 is 0 Å². The van der Waals surface area contributed by atoms with E-state index < -0.39 is 5.91 Å². The average Bonchev–Trinajstić information content (AvgIpc) is 3.53. The molecule has 1 aromatic heterocycles. The molecule has 0 aliphatic carbocycles. The molecule has 9 nitrogen and oxygen atoms in total. The number of primary amides is 1. The Hall–Kier alpha value is -3.69. The molecule has 0 unspecified atom stereocenters. The molecule has 3 aliphatic heterocycles. The number of aromatic nitrogens is 2. The smallest absolute Gasteiger partial charge is 0.271 e. The van der Waals surface area contributed by atoms with Crippen LogP contribution in [0.2, 0.25) is 0 Å². The molecule has 0 atom stereocenters. The Kier molecular flexibility index (Phi) is 7.84. The maximum atomic E-state index is 12.5. The van der Waals surface area contributed by atoms with Crippen LogP contribution in [0.5, 0.6) is 0 Å². The first-order valence-corrected chi connectivity index (χ1v) is 14.6. The number of hydrogen-bond acceptors (Lipinski definition) is 8. The number of anilines is 4. The second kappa shape index (κ2) is 11.8. The Morgan fingerprint density at radius 2 is 1.50 bits per heavy atom. The topological polar surface area (TPSA) is 93.9 Å². The van der Waals surface area contributed by atoms with Crippen LogP contribution in [0.4, 0.5) is 23.0 Å². The lowest BCUT2D eigenvalue weighted by atomic mass is 10.0. The van der Waals surface area contributed by atoms with Crippen LogP contribution in [-0.2, 0) is 0 Å². The standard InChI is InChI=1S/C31H40N8O/c1-36-19-21-38(22-20-36)26-13-17-37(18-14-26)25-11-9-24(10-12-25)33-30-28(29(32)40)34-27(23-7-3-2-4-8-23)31(35-30)39-15-5-6-16-39/h2-4,7-12,26H,5-6,13-22H2,1H3,(H2,32,40)(H,33,35). The van der Waals surface area contributed by atoms with Crippen LogP contribution < -0.4 is 20.9 Å². The zero-order valence-corrected chi connectivity index (χ0v) is 23.4. The molecule has 4 heterocycles. The fraction of sp³-hybridized carbons (Fsp3) is 0.452. The lowest BCUT2D eigenvalue weighted by Gasteiger charge is -2.42. The van der Waals surface area contributed by atoms with Crippen molar-refractivity contribution in [1.29, 1.82) is 0 Å². The van der Waals surface area contributed by atoms with Crippen molar-refractivity contribution in [3.63, 3.8) is 0 Å². The van der Waals surface area contributed by atoms with Crippen molar-refractivity contribution < 1.29 is 4.79 Å². The molecule has 0 saturated carbocycles. The molecule has 210 valence electrons. The number of nitrogens with zero attached hydrogens (tertiary/aromatic N) is 6. The summed E-state index contributed by atoms with van der Waals surface area (Å²) in [7, 11) is 2.21. The van der Waals surface area contributed by atoms with E-state index in [4.69, 9.17) is 15.7 Å². The normalized spacial score (nSPS) is 19.2. The molecular formula is C31H40N8O. The third-order valence-electron chi connectivity index (χ3n) is 8.58. The second-order valence-electron chi connectivity index (χ2n) is 11.2. The van der Waals surface area contributed by atoms with Gasteiger partial charge in [-0.3, -0.25) is 9.69 Å². The number of carbonyl (C=O) groups is 1. The molecule has 3 aliphatic rings. The van der Waals surface area contributed by atoms with Gasteiger partial charge in [-0.15, -0.1) is 0 Å². The first-order chi connectivity index (χ1) is 19.5. The molecular weight excluding hydrogens is 500 g/mol. The van der Waals surface area contributed by atoms with Crippen molar-refractivity contribution >= 4 is 28.9 Å². The van der Waals surface area contributed by atoms with Crippen molar-refractivity contribution in [3.8, 4) is 11.3 Å². The molecule has 40 heavy (non-hydrogen) atoms. The van der Waals surface area contributed by atoms with Crippen molar-refractivity contribution in [2.45, 2.75) is 31.7 Å². The Bertz CT molecular complexity index is 1290. The monoisotopic (exact) mass is 540 g/mol. The first kappa shape index (κ1) is 26.5. The summed E-state index contributed by atoms with van der Waals surface area (Å²) in [5.41, 5.74) is 9.65. The molecule has 1 amide bonds. The highest BCUT2D eigenvalue weighted by Crippen LogP contribution is 2.33. The van der Waals surface area contributed by atoms with Crippen LogP contribution in [0, 0.1) is 0 Å². The summed E-state index contributed by atoms with van der Waals surface area (Å²) in [4.78, 5) is 32.0. The number of piperidine rings is 1. The maximum absolute atomic E-state index is 12.5. The molecule has 0 radical (unpaired) electrons. The number of likely N-dealkylation sites (N-methyl/N-ethyl adjacent to an activating group) is 1. The highest BCUT2D eigenvalue weighted by atomic mass is 16.1. The van der Waals surface area contributed by atoms with E-state index in [9.17, 15) is 4.79 Å². The fourth-order valence-corrected chi connectivity index (χ4v) is 6.19. The Morgan fingerprint density at radius 1 is 0.825 bits per heavy atom. The van der Waals surface area contributed by atoms with E-state index in [0.717, 1.165) is 56.1 Å². The average molecular weight is 541 g/mol. The summed E-state index contributed by atoms with van der Waals surface area (Å²) < 4.78 is 0. The number of rotatable bonds is 7. The zero-order chi connectivity index (χ0) is 27.5. The molecule has 3 fully saturated rings. The van der Waals surface area contributed by atoms with Gasteiger partial charge in [0, 0.05) is 75.3 Å². The maximum Gasteiger partial charge on any atom is 0.271 e. The van der Waals surface area contributed by atoms with Crippen molar-refractivity contribution in [1.82, 2.24) is 19.8 Å². The minimum Gasteiger partial charge on any atom is -0.371 e. The predicted molar refractivity (Wildman–Crippen MR) is 161 cm³/mol. The quantitative estimate of drug-likeness (QED) is 0.468. The van der Waals surface area contributed by atoms with Gasteiger partial charge in [-0.05, 0) is 57.0 Å². The molecule has 0 bridgehead atoms. The number of carbonyl (C=O) groups excluding carboxylic acids is 1. The van der Waals surface area contributed by atoms with Gasteiger partial charge in [0.2, 0.25) is 0 Å². The van der Waals surface area contributed by atoms with Gasteiger partial charge in [-0.1, -0.05) is 30.3 Å². The van der Waals surface area contributed by atoms with E-state index in [1.807, 2.05) is 30.3 Å². The predicted octanol–water partition coefficient (Wildman–Crippen LogP) is 3.80. The number of benzene rings is 2. The Morgan fingerprint density at radius 3 is 2.15 bits per heavy atom. The van der Waals surface area contributed by atoms with Crippen LogP contribution >= 0.6 is 0 Å². The van der Waals surface area contributed by atoms with Crippen LogP contribution in [0.1, 0.15) is 36.2 Å². The van der Waals surface area contributed by atoms with Gasteiger partial charge in [-0.2, -0.15) is 0 Å². The second-order valence-corrected chi connectivity index (χ2v) is 11.2. The van der Waals surface area contributed by atoms with Crippen LogP contribution in [0.25, 0.3) is 11.3 Å². The van der Waals surface area contributed by atoms with Gasteiger partial charge >= 0.3 is 0 Å². The minimum atomic E-state index is -0.597. The first-order valence-electron chi connectivity index (χ1n) is 14.6. The van der Waals surface area contributed by atoms with Crippen molar-refractivity contribution in [2.75, 3.05) is 74.5 Å². The molecule has 3 saturated heterocycles. The van der Waals surface area contributed by atoms with Gasteiger partial charge in [-0.25, -0.2) is 9.97 Å². The summed E-state index contributed by atoms with van der Waals surface area (Å²) in [6.07, 6.45) is 4.64. The van der Waals surface area contributed by atoms with Gasteiger partial charge in [0.1, 0.15) is 5.69 Å². The summed E-state index contributed by atoms with van der Waals surface area (Å²) in [6.45, 7) is 8.69. The van der Waals surface area contributed by atoms with Crippen molar-refractivity contribution in [2.24, 2.45) is 5.73 Å². The van der Waals surface area contributed by atoms with Crippen LogP contribution in [0.15, 0.2) is 54.6 Å². The highest BCUT2D eigenvalue weighted by molar-refractivity contribution is 5.97. The van der Waals surface area contributed by atoms with Crippen LogP contribution in [-0.4, -0.2) is 91.1 Å². The molecule has 9 heteroatoms. The SMILES string of the molecule is CN1CCN(C2CCN(c3ccc(Nc4nc(N5CCCC5)c(-c5ccccc5)nc4C(N)=O)cc3)CC2)CC1. The zero-order valence-electron chi connectivity index (χ0n) is 23.4. The Labute approximate surface area is 237 Å². The van der Waals surface area contributed by atoms with E-state index in [0.29, 0.717) is 17.6 Å². The van der Waals surface area contributed by atoms with E-state index in [2.05, 4.69) is 56.2 Å². The summed E-state index contributed by atoms with van der Waals surface area (Å²) >= 11 is 0. The Balaban J connectivity index is 1.18. The lowest BCUT2D eigenvalue weighted by Crippen LogP contribution is -2.52. The number of amides is 1. The molecule has 6 rings (SSSR count). The van der Waals surface area contributed by atoms with Gasteiger partial charge < -0.3 is 25.8 Å². The number of nitrogens with two attached hydrogens (primary N) is 1. The summed E-state index contributed by atoms with van der Waals surface area (Å²) in [6, 6.07) is 19.0. The molecule has 3 aromatic rings. The minimum absolute atomic E-state index is 0.150. The number of piperazine rings is 1. The van der Waals surface area contributed by atoms with Gasteiger partial charge in [0.15, 0.2) is 17.3 Å². The lowest BCUT2D eigenvalue weighted by molar-refractivity contribution is 0.0982.